The second-order valence-electron chi connectivity index (χ2n) is 4.69. The summed E-state index contributed by atoms with van der Waals surface area (Å²) in [6.07, 6.45) is 1.67. The Hall–Kier alpha value is -1.07. The van der Waals surface area contributed by atoms with Gasteiger partial charge in [-0.3, -0.25) is 10.2 Å². The molecule has 1 aliphatic rings. The van der Waals surface area contributed by atoms with E-state index in [0.29, 0.717) is 0 Å². The predicted molar refractivity (Wildman–Crippen MR) is 79.4 cm³/mol. The maximum Gasteiger partial charge on any atom is 0.411 e. The van der Waals surface area contributed by atoms with Crippen LogP contribution in [0.3, 0.4) is 0 Å². The lowest BCUT2D eigenvalue weighted by atomic mass is 10.1. The van der Waals surface area contributed by atoms with Gasteiger partial charge in [0, 0.05) is 16.7 Å². The highest BCUT2D eigenvalue weighted by Gasteiger charge is 2.21. The minimum atomic E-state index is -0.370. The van der Waals surface area contributed by atoms with E-state index in [1.54, 1.807) is 0 Å². The third-order valence-corrected chi connectivity index (χ3v) is 3.80. The Balaban J connectivity index is 1.82. The van der Waals surface area contributed by atoms with Crippen molar-refractivity contribution in [3.8, 4) is 0 Å². The van der Waals surface area contributed by atoms with Crippen LogP contribution in [0.2, 0.25) is 0 Å². The normalized spacial score (nSPS) is 20.0. The van der Waals surface area contributed by atoms with E-state index in [1.165, 1.54) is 0 Å². The summed E-state index contributed by atoms with van der Waals surface area (Å²) in [5, 5.41) is 2.75. The molecule has 1 amide bonds. The highest BCUT2D eigenvalue weighted by Crippen LogP contribution is 2.16. The van der Waals surface area contributed by atoms with Crippen LogP contribution in [0.1, 0.15) is 19.8 Å². The molecular weight excluding hydrogens is 308 g/mol. The number of halogens is 1. The lowest BCUT2D eigenvalue weighted by Crippen LogP contribution is -2.40. The van der Waals surface area contributed by atoms with Crippen LogP contribution in [-0.4, -0.2) is 36.7 Å². The minimum Gasteiger partial charge on any atom is -0.445 e. The number of amides is 1. The summed E-state index contributed by atoms with van der Waals surface area (Å²) in [5.74, 6) is 0. The largest absolute Gasteiger partial charge is 0.445 e. The smallest absolute Gasteiger partial charge is 0.411 e. The van der Waals surface area contributed by atoms with E-state index < -0.39 is 0 Å². The zero-order chi connectivity index (χ0) is 13.7. The first-order valence-electron chi connectivity index (χ1n) is 6.63. The fourth-order valence-corrected chi connectivity index (χ4v) is 2.49. The van der Waals surface area contributed by atoms with Gasteiger partial charge in [0.2, 0.25) is 0 Å². The lowest BCUT2D eigenvalue weighted by molar-refractivity contribution is 0.0520. The van der Waals surface area contributed by atoms with Crippen molar-refractivity contribution in [2.45, 2.75) is 25.9 Å². The number of likely N-dealkylation sites (N-methyl/N-ethyl adjacent to an activating group) is 1. The van der Waals surface area contributed by atoms with Gasteiger partial charge in [-0.15, -0.1) is 0 Å². The average molecular weight is 327 g/mol. The van der Waals surface area contributed by atoms with Crippen LogP contribution in [-0.2, 0) is 4.74 Å². The number of rotatable bonds is 3. The Morgan fingerprint density at radius 3 is 2.89 bits per heavy atom. The van der Waals surface area contributed by atoms with E-state index in [0.717, 1.165) is 42.6 Å². The molecule has 1 fully saturated rings. The summed E-state index contributed by atoms with van der Waals surface area (Å²) in [4.78, 5) is 14.1. The molecule has 0 saturated carbocycles. The maximum absolute atomic E-state index is 11.8. The summed E-state index contributed by atoms with van der Waals surface area (Å²) in [5.41, 5.74) is 0.747. The molecule has 4 nitrogen and oxygen atoms in total. The topological polar surface area (TPSA) is 41.6 Å². The Morgan fingerprint density at radius 2 is 2.21 bits per heavy atom. The number of hydrogen-bond donors (Lipinski definition) is 1. The molecule has 5 heteroatoms. The second-order valence-corrected chi connectivity index (χ2v) is 5.61. The van der Waals surface area contributed by atoms with Gasteiger partial charge in [-0.2, -0.15) is 0 Å². The fraction of sp³-hybridized carbons (Fsp3) is 0.500. The Bertz CT molecular complexity index is 422. The van der Waals surface area contributed by atoms with Crippen molar-refractivity contribution < 1.29 is 9.53 Å². The first-order chi connectivity index (χ1) is 9.17. The fourth-order valence-electron chi connectivity index (χ4n) is 2.23. The van der Waals surface area contributed by atoms with Crippen LogP contribution in [0.5, 0.6) is 0 Å². The molecule has 1 atom stereocenters. The molecule has 1 aromatic rings. The Morgan fingerprint density at radius 1 is 1.47 bits per heavy atom. The van der Waals surface area contributed by atoms with Gasteiger partial charge in [0.15, 0.2) is 0 Å². The van der Waals surface area contributed by atoms with Crippen molar-refractivity contribution >= 4 is 27.7 Å². The molecule has 0 spiro atoms. The molecule has 1 heterocycles. The van der Waals surface area contributed by atoms with Gasteiger partial charge in [0.25, 0.3) is 0 Å². The molecular formula is C14H19BrN2O2. The lowest BCUT2D eigenvalue weighted by Gasteiger charge is -2.31. The summed E-state index contributed by atoms with van der Waals surface area (Å²) in [6, 6.07) is 7.44. The van der Waals surface area contributed by atoms with Gasteiger partial charge in [-0.05, 0) is 50.2 Å². The number of anilines is 1. The van der Waals surface area contributed by atoms with Crippen molar-refractivity contribution in [3.05, 3.63) is 28.7 Å². The van der Waals surface area contributed by atoms with Crippen molar-refractivity contribution in [3.63, 3.8) is 0 Å². The van der Waals surface area contributed by atoms with E-state index in [9.17, 15) is 4.79 Å². The van der Waals surface area contributed by atoms with Gasteiger partial charge in [0.1, 0.15) is 6.10 Å². The zero-order valence-corrected chi connectivity index (χ0v) is 12.6. The number of nitrogens with zero attached hydrogens (tertiary/aromatic N) is 1. The minimum absolute atomic E-state index is 0.00384. The highest BCUT2D eigenvalue weighted by atomic mass is 79.9. The molecule has 1 N–H and O–H groups in total. The standard InChI is InChI=1S/C14H19BrN2O2/c1-2-17-9-3-4-13(10-17)19-14(18)16-12-7-5-11(15)6-8-12/h5-8,13H,2-4,9-10H2,1H3,(H,16,18). The molecule has 1 unspecified atom stereocenters. The van der Waals surface area contributed by atoms with Crippen LogP contribution in [0.25, 0.3) is 0 Å². The number of benzene rings is 1. The molecule has 0 radical (unpaired) electrons. The van der Waals surface area contributed by atoms with Crippen LogP contribution in [0, 0.1) is 0 Å². The molecule has 1 saturated heterocycles. The Labute approximate surface area is 122 Å². The third kappa shape index (κ3) is 4.51. The van der Waals surface area contributed by atoms with Crippen LogP contribution < -0.4 is 5.32 Å². The number of carbonyl (C=O) groups excluding carboxylic acids is 1. The van der Waals surface area contributed by atoms with Crippen LogP contribution in [0.15, 0.2) is 28.7 Å². The van der Waals surface area contributed by atoms with E-state index >= 15 is 0 Å². The first-order valence-corrected chi connectivity index (χ1v) is 7.42. The SMILES string of the molecule is CCN1CCCC(OC(=O)Nc2ccc(Br)cc2)C1. The number of carbonyl (C=O) groups is 1. The number of ether oxygens (including phenoxy) is 1. The van der Waals surface area contributed by atoms with E-state index in [4.69, 9.17) is 4.74 Å². The van der Waals surface area contributed by atoms with Crippen LogP contribution >= 0.6 is 15.9 Å². The number of nitrogens with one attached hydrogen (secondary N) is 1. The van der Waals surface area contributed by atoms with E-state index in [2.05, 4.69) is 33.1 Å². The number of piperidine rings is 1. The predicted octanol–water partition coefficient (Wildman–Crippen LogP) is 3.48. The Kier molecular flexibility index (Phi) is 5.22. The number of hydrogen-bond acceptors (Lipinski definition) is 3. The van der Waals surface area contributed by atoms with Gasteiger partial charge in [0.05, 0.1) is 0 Å². The quantitative estimate of drug-likeness (QED) is 0.924. The molecule has 0 aromatic heterocycles. The molecule has 0 aliphatic carbocycles. The van der Waals surface area contributed by atoms with Crippen molar-refractivity contribution in [2.75, 3.05) is 25.0 Å². The average Bonchev–Trinajstić information content (AvgIpc) is 2.41. The molecule has 104 valence electrons. The second kappa shape index (κ2) is 6.91. The van der Waals surface area contributed by atoms with Crippen LogP contribution in [0.4, 0.5) is 10.5 Å². The summed E-state index contributed by atoms with van der Waals surface area (Å²) >= 11 is 3.36. The summed E-state index contributed by atoms with van der Waals surface area (Å²) in [6.45, 7) is 5.08. The third-order valence-electron chi connectivity index (χ3n) is 3.27. The molecule has 19 heavy (non-hydrogen) atoms. The van der Waals surface area contributed by atoms with Gasteiger partial charge < -0.3 is 4.74 Å². The number of likely N-dealkylation sites (tertiary alicyclic amines) is 1. The summed E-state index contributed by atoms with van der Waals surface area (Å²) < 4.78 is 6.44. The van der Waals surface area contributed by atoms with E-state index in [1.807, 2.05) is 24.3 Å². The summed E-state index contributed by atoms with van der Waals surface area (Å²) in [7, 11) is 0. The highest BCUT2D eigenvalue weighted by molar-refractivity contribution is 9.10. The molecule has 2 rings (SSSR count). The molecule has 1 aliphatic heterocycles. The van der Waals surface area contributed by atoms with Crippen molar-refractivity contribution in [1.82, 2.24) is 4.90 Å². The van der Waals surface area contributed by atoms with E-state index in [-0.39, 0.29) is 12.2 Å². The monoisotopic (exact) mass is 326 g/mol. The van der Waals surface area contributed by atoms with Gasteiger partial charge in [-0.25, -0.2) is 4.79 Å². The van der Waals surface area contributed by atoms with Gasteiger partial charge in [-0.1, -0.05) is 22.9 Å². The maximum atomic E-state index is 11.8. The first kappa shape index (κ1) is 14.3. The zero-order valence-electron chi connectivity index (χ0n) is 11.1. The molecule has 1 aromatic carbocycles. The molecule has 0 bridgehead atoms. The van der Waals surface area contributed by atoms with Crippen molar-refractivity contribution in [1.29, 1.82) is 0 Å². The van der Waals surface area contributed by atoms with Crippen molar-refractivity contribution in [2.24, 2.45) is 0 Å². The van der Waals surface area contributed by atoms with Gasteiger partial charge >= 0.3 is 6.09 Å².